The van der Waals surface area contributed by atoms with Crippen molar-refractivity contribution < 1.29 is 0 Å². The van der Waals surface area contributed by atoms with Gasteiger partial charge in [0, 0.05) is 23.9 Å². The molecule has 20 heavy (non-hydrogen) atoms. The van der Waals surface area contributed by atoms with Crippen LogP contribution in [-0.4, -0.2) is 41.0 Å². The quantitative estimate of drug-likeness (QED) is 0.572. The lowest BCUT2D eigenvalue weighted by Crippen LogP contribution is -2.14. The van der Waals surface area contributed by atoms with Gasteiger partial charge in [-0.05, 0) is 51.7 Å². The largest absolute Gasteiger partial charge is 0.328 e. The molecule has 0 amide bonds. The summed E-state index contributed by atoms with van der Waals surface area (Å²) in [6.07, 6.45) is 3.10. The third-order valence-electron chi connectivity index (χ3n) is 3.34. The molecule has 2 rings (SSSR count). The molecule has 1 aromatic carbocycles. The van der Waals surface area contributed by atoms with Gasteiger partial charge < -0.3 is 9.47 Å². The van der Waals surface area contributed by atoms with Gasteiger partial charge in [-0.1, -0.05) is 11.6 Å². The fourth-order valence-electron chi connectivity index (χ4n) is 2.37. The maximum Gasteiger partial charge on any atom is 0.111 e. The fraction of sp³-hybridized carbons (Fsp3) is 0.533. The van der Waals surface area contributed by atoms with E-state index in [0.29, 0.717) is 5.88 Å². The highest BCUT2D eigenvalue weighted by Crippen LogP contribution is 2.22. The van der Waals surface area contributed by atoms with Crippen molar-refractivity contribution in [3.63, 3.8) is 0 Å². The van der Waals surface area contributed by atoms with E-state index in [0.717, 1.165) is 47.8 Å². The zero-order valence-electron chi connectivity index (χ0n) is 12.1. The molecule has 0 N–H and O–H groups in total. The van der Waals surface area contributed by atoms with Crippen LogP contribution in [0.1, 0.15) is 18.7 Å². The Morgan fingerprint density at radius 2 is 2.05 bits per heavy atom. The van der Waals surface area contributed by atoms with Crippen molar-refractivity contribution in [3.05, 3.63) is 29.0 Å². The number of halogens is 2. The Hall–Kier alpha value is -0.770. The van der Waals surface area contributed by atoms with Crippen LogP contribution in [0.25, 0.3) is 11.0 Å². The van der Waals surface area contributed by atoms with Gasteiger partial charge in [0.1, 0.15) is 5.82 Å². The summed E-state index contributed by atoms with van der Waals surface area (Å²) in [7, 11) is 4.20. The van der Waals surface area contributed by atoms with Gasteiger partial charge in [0.25, 0.3) is 0 Å². The number of nitrogens with zero attached hydrogens (tertiary/aromatic N) is 3. The standard InChI is InChI=1S/C15H21Cl2N3/c1-19(2)9-3-4-10-20-14-11-12(17)5-6-13(14)18-15(20)7-8-16/h5-6,11H,3-4,7-10H2,1-2H3. The van der Waals surface area contributed by atoms with Crippen molar-refractivity contribution in [3.8, 4) is 0 Å². The molecular formula is C15H21Cl2N3. The van der Waals surface area contributed by atoms with E-state index in [9.17, 15) is 0 Å². The van der Waals surface area contributed by atoms with E-state index in [4.69, 9.17) is 23.2 Å². The number of benzene rings is 1. The summed E-state index contributed by atoms with van der Waals surface area (Å²) in [5.41, 5.74) is 2.12. The van der Waals surface area contributed by atoms with Gasteiger partial charge in [0.2, 0.25) is 0 Å². The average molecular weight is 314 g/mol. The van der Waals surface area contributed by atoms with Gasteiger partial charge in [0.05, 0.1) is 11.0 Å². The van der Waals surface area contributed by atoms with Gasteiger partial charge in [0.15, 0.2) is 0 Å². The van der Waals surface area contributed by atoms with Crippen molar-refractivity contribution in [2.45, 2.75) is 25.8 Å². The first-order valence-electron chi connectivity index (χ1n) is 6.97. The van der Waals surface area contributed by atoms with E-state index in [1.54, 1.807) is 0 Å². The highest BCUT2D eigenvalue weighted by Gasteiger charge is 2.10. The van der Waals surface area contributed by atoms with E-state index in [1.807, 2.05) is 18.2 Å². The number of aryl methyl sites for hydroxylation is 2. The SMILES string of the molecule is CN(C)CCCCn1c(CCCl)nc2ccc(Cl)cc21. The fourth-order valence-corrected chi connectivity index (χ4v) is 2.70. The molecule has 0 unspecified atom stereocenters. The Kier molecular flexibility index (Phi) is 5.70. The van der Waals surface area contributed by atoms with Crippen molar-refractivity contribution in [2.75, 3.05) is 26.5 Å². The highest BCUT2D eigenvalue weighted by atomic mass is 35.5. The van der Waals surface area contributed by atoms with Crippen LogP contribution >= 0.6 is 23.2 Å². The first-order valence-corrected chi connectivity index (χ1v) is 7.88. The molecule has 5 heteroatoms. The number of fused-ring (bicyclic) bond motifs is 1. The molecular weight excluding hydrogens is 293 g/mol. The van der Waals surface area contributed by atoms with Crippen molar-refractivity contribution >= 4 is 34.2 Å². The topological polar surface area (TPSA) is 21.1 Å². The molecule has 0 aliphatic carbocycles. The van der Waals surface area contributed by atoms with Crippen LogP contribution in [0.15, 0.2) is 18.2 Å². The third-order valence-corrected chi connectivity index (χ3v) is 3.77. The Morgan fingerprint density at radius 1 is 1.25 bits per heavy atom. The van der Waals surface area contributed by atoms with Crippen LogP contribution < -0.4 is 0 Å². The maximum atomic E-state index is 6.11. The van der Waals surface area contributed by atoms with E-state index >= 15 is 0 Å². The maximum absolute atomic E-state index is 6.11. The van der Waals surface area contributed by atoms with E-state index in [1.165, 1.54) is 6.42 Å². The van der Waals surface area contributed by atoms with Gasteiger partial charge in [-0.25, -0.2) is 4.98 Å². The number of aromatic nitrogens is 2. The number of hydrogen-bond donors (Lipinski definition) is 0. The molecule has 1 heterocycles. The smallest absolute Gasteiger partial charge is 0.111 e. The summed E-state index contributed by atoms with van der Waals surface area (Å²) in [5, 5.41) is 0.754. The Labute approximate surface area is 130 Å². The highest BCUT2D eigenvalue weighted by molar-refractivity contribution is 6.31. The third kappa shape index (κ3) is 3.87. The minimum Gasteiger partial charge on any atom is -0.328 e. The van der Waals surface area contributed by atoms with Crippen LogP contribution in [0.5, 0.6) is 0 Å². The number of unbranched alkanes of at least 4 members (excludes halogenated alkanes) is 1. The van der Waals surface area contributed by atoms with E-state index < -0.39 is 0 Å². The predicted octanol–water partition coefficient (Wildman–Crippen LogP) is 3.81. The number of alkyl halides is 1. The molecule has 110 valence electrons. The van der Waals surface area contributed by atoms with Crippen LogP contribution in [-0.2, 0) is 13.0 Å². The van der Waals surface area contributed by atoms with Gasteiger partial charge in [-0.15, -0.1) is 11.6 Å². The molecule has 0 spiro atoms. The number of rotatable bonds is 7. The summed E-state index contributed by atoms with van der Waals surface area (Å²) in [4.78, 5) is 6.88. The zero-order valence-corrected chi connectivity index (χ0v) is 13.6. The molecule has 2 aromatic rings. The summed E-state index contributed by atoms with van der Waals surface area (Å²) >= 11 is 12.0. The van der Waals surface area contributed by atoms with Crippen LogP contribution in [0.3, 0.4) is 0 Å². The summed E-state index contributed by atoms with van der Waals surface area (Å²) < 4.78 is 2.26. The summed E-state index contributed by atoms with van der Waals surface area (Å²) in [6, 6.07) is 5.86. The predicted molar refractivity (Wildman–Crippen MR) is 87.0 cm³/mol. The van der Waals surface area contributed by atoms with Crippen LogP contribution in [0.2, 0.25) is 5.02 Å². The molecule has 1 aromatic heterocycles. The van der Waals surface area contributed by atoms with E-state index in [2.05, 4.69) is 28.5 Å². The average Bonchev–Trinajstić information content (AvgIpc) is 2.72. The number of hydrogen-bond acceptors (Lipinski definition) is 2. The summed E-state index contributed by atoms with van der Waals surface area (Å²) in [6.45, 7) is 2.08. The Morgan fingerprint density at radius 3 is 2.75 bits per heavy atom. The second-order valence-corrected chi connectivity index (χ2v) is 6.08. The van der Waals surface area contributed by atoms with Gasteiger partial charge in [-0.3, -0.25) is 0 Å². The van der Waals surface area contributed by atoms with Gasteiger partial charge >= 0.3 is 0 Å². The van der Waals surface area contributed by atoms with Crippen molar-refractivity contribution in [1.82, 2.24) is 14.5 Å². The second kappa shape index (κ2) is 7.30. The molecule has 0 saturated heterocycles. The van der Waals surface area contributed by atoms with Gasteiger partial charge in [-0.2, -0.15) is 0 Å². The molecule has 0 aliphatic heterocycles. The lowest BCUT2D eigenvalue weighted by atomic mass is 10.2. The summed E-state index contributed by atoms with van der Waals surface area (Å²) in [5.74, 6) is 1.65. The first kappa shape index (κ1) is 15.6. The minimum absolute atomic E-state index is 0.592. The Bertz CT molecular complexity index is 563. The molecule has 0 atom stereocenters. The first-order chi connectivity index (χ1) is 9.61. The molecule has 3 nitrogen and oxygen atoms in total. The zero-order chi connectivity index (χ0) is 14.5. The normalized spacial score (nSPS) is 11.7. The minimum atomic E-state index is 0.592. The van der Waals surface area contributed by atoms with Crippen LogP contribution in [0, 0.1) is 0 Å². The number of imidazole rings is 1. The Balaban J connectivity index is 2.19. The molecule has 0 aliphatic rings. The molecule has 0 saturated carbocycles. The second-order valence-electron chi connectivity index (χ2n) is 5.26. The molecule has 0 radical (unpaired) electrons. The lowest BCUT2D eigenvalue weighted by molar-refractivity contribution is 0.387. The van der Waals surface area contributed by atoms with E-state index in [-0.39, 0.29) is 0 Å². The molecule has 0 bridgehead atoms. The molecule has 0 fully saturated rings. The van der Waals surface area contributed by atoms with Crippen molar-refractivity contribution in [1.29, 1.82) is 0 Å². The van der Waals surface area contributed by atoms with Crippen LogP contribution in [0.4, 0.5) is 0 Å². The monoisotopic (exact) mass is 313 g/mol. The van der Waals surface area contributed by atoms with Crippen molar-refractivity contribution in [2.24, 2.45) is 0 Å². The lowest BCUT2D eigenvalue weighted by Gasteiger charge is -2.11.